The number of carbonyl (C=O) groups is 2. The van der Waals surface area contributed by atoms with Gasteiger partial charge < -0.3 is 10.4 Å². The third-order valence-electron chi connectivity index (χ3n) is 1.17. The second-order valence-corrected chi connectivity index (χ2v) is 3.25. The van der Waals surface area contributed by atoms with Gasteiger partial charge in [-0.05, 0) is 0 Å². The van der Waals surface area contributed by atoms with Crippen molar-refractivity contribution in [1.29, 1.82) is 0 Å². The number of anilines is 1. The Labute approximate surface area is 78.4 Å². The van der Waals surface area contributed by atoms with E-state index in [1.165, 1.54) is 18.3 Å². The van der Waals surface area contributed by atoms with Crippen molar-refractivity contribution in [3.05, 3.63) is 11.1 Å². The third kappa shape index (κ3) is 3.20. The molecule has 1 aromatic heterocycles. The van der Waals surface area contributed by atoms with Crippen LogP contribution in [0.15, 0.2) is 5.38 Å². The number of carboxylic acids is 1. The van der Waals surface area contributed by atoms with E-state index in [2.05, 4.69) is 10.3 Å². The Morgan fingerprint density at radius 1 is 1.69 bits per heavy atom. The molecular weight excluding hydrogens is 192 g/mol. The fourth-order valence-corrected chi connectivity index (χ4v) is 1.51. The van der Waals surface area contributed by atoms with Crippen molar-refractivity contribution >= 4 is 28.3 Å². The average Bonchev–Trinajstić information content (AvgIpc) is 2.33. The lowest BCUT2D eigenvalue weighted by molar-refractivity contribution is -0.136. The van der Waals surface area contributed by atoms with Crippen LogP contribution < -0.4 is 5.32 Å². The van der Waals surface area contributed by atoms with E-state index in [1.54, 1.807) is 5.38 Å². The quantitative estimate of drug-likeness (QED) is 0.753. The first-order valence-electron chi connectivity index (χ1n) is 3.51. The molecule has 1 rings (SSSR count). The number of amides is 1. The van der Waals surface area contributed by atoms with Crippen LogP contribution in [0.4, 0.5) is 5.13 Å². The number of rotatable bonds is 3. The van der Waals surface area contributed by atoms with E-state index in [4.69, 9.17) is 5.11 Å². The molecule has 0 atom stereocenters. The lowest BCUT2D eigenvalue weighted by Gasteiger charge is -1.92. The number of hydrogen-bond donors (Lipinski definition) is 2. The zero-order valence-electron chi connectivity index (χ0n) is 6.90. The summed E-state index contributed by atoms with van der Waals surface area (Å²) in [7, 11) is 0. The maximum Gasteiger partial charge on any atom is 0.309 e. The highest BCUT2D eigenvalue weighted by molar-refractivity contribution is 7.13. The minimum atomic E-state index is -0.931. The van der Waals surface area contributed by atoms with Crippen LogP contribution in [-0.4, -0.2) is 22.0 Å². The topological polar surface area (TPSA) is 79.3 Å². The van der Waals surface area contributed by atoms with Crippen molar-refractivity contribution in [3.8, 4) is 0 Å². The molecule has 6 heteroatoms. The molecule has 1 heterocycles. The van der Waals surface area contributed by atoms with Gasteiger partial charge in [-0.2, -0.15) is 0 Å². The molecule has 0 aliphatic heterocycles. The summed E-state index contributed by atoms with van der Waals surface area (Å²) >= 11 is 1.21. The third-order valence-corrected chi connectivity index (χ3v) is 1.97. The second-order valence-electron chi connectivity index (χ2n) is 2.40. The van der Waals surface area contributed by atoms with Crippen LogP contribution in [0.3, 0.4) is 0 Å². The van der Waals surface area contributed by atoms with E-state index in [0.717, 1.165) is 0 Å². The first-order chi connectivity index (χ1) is 6.08. The lowest BCUT2D eigenvalue weighted by Crippen LogP contribution is -2.06. The highest BCUT2D eigenvalue weighted by Gasteiger charge is 2.06. The summed E-state index contributed by atoms with van der Waals surface area (Å²) in [4.78, 5) is 24.8. The number of nitrogens with one attached hydrogen (secondary N) is 1. The van der Waals surface area contributed by atoms with Crippen LogP contribution in [0.2, 0.25) is 0 Å². The van der Waals surface area contributed by atoms with Crippen molar-refractivity contribution in [3.63, 3.8) is 0 Å². The van der Waals surface area contributed by atoms with Gasteiger partial charge in [0.25, 0.3) is 0 Å². The number of aliphatic carboxylic acids is 1. The largest absolute Gasteiger partial charge is 0.481 e. The van der Waals surface area contributed by atoms with Crippen molar-refractivity contribution in [1.82, 2.24) is 4.98 Å². The number of nitrogens with zero attached hydrogens (tertiary/aromatic N) is 1. The van der Waals surface area contributed by atoms with E-state index in [-0.39, 0.29) is 12.3 Å². The van der Waals surface area contributed by atoms with E-state index < -0.39 is 5.97 Å². The van der Waals surface area contributed by atoms with E-state index >= 15 is 0 Å². The fourth-order valence-electron chi connectivity index (χ4n) is 0.751. The molecule has 0 fully saturated rings. The van der Waals surface area contributed by atoms with E-state index in [1.807, 2.05) is 0 Å². The van der Waals surface area contributed by atoms with Crippen LogP contribution >= 0.6 is 11.3 Å². The Morgan fingerprint density at radius 2 is 2.38 bits per heavy atom. The Bertz CT molecular complexity index is 304. The molecule has 2 N–H and O–H groups in total. The molecule has 0 aliphatic rings. The van der Waals surface area contributed by atoms with Crippen molar-refractivity contribution in [2.24, 2.45) is 0 Å². The minimum absolute atomic E-state index is 0.115. The van der Waals surface area contributed by atoms with Gasteiger partial charge in [0.1, 0.15) is 0 Å². The predicted molar refractivity (Wildman–Crippen MR) is 47.8 cm³/mol. The van der Waals surface area contributed by atoms with Gasteiger partial charge in [-0.15, -0.1) is 11.3 Å². The fraction of sp³-hybridized carbons (Fsp3) is 0.286. The molecule has 0 unspecified atom stereocenters. The zero-order valence-corrected chi connectivity index (χ0v) is 7.72. The smallest absolute Gasteiger partial charge is 0.309 e. The zero-order chi connectivity index (χ0) is 9.84. The van der Waals surface area contributed by atoms with Crippen molar-refractivity contribution < 1.29 is 14.7 Å². The van der Waals surface area contributed by atoms with Gasteiger partial charge in [-0.1, -0.05) is 0 Å². The molecule has 0 saturated carbocycles. The molecule has 70 valence electrons. The Morgan fingerprint density at radius 3 is 2.92 bits per heavy atom. The van der Waals surface area contributed by atoms with Crippen molar-refractivity contribution in [2.75, 3.05) is 5.32 Å². The van der Waals surface area contributed by atoms with Gasteiger partial charge in [0, 0.05) is 12.3 Å². The molecule has 1 amide bonds. The number of carbonyl (C=O) groups excluding carboxylic acids is 1. The molecule has 0 saturated heterocycles. The monoisotopic (exact) mass is 200 g/mol. The Balaban J connectivity index is 2.63. The molecule has 13 heavy (non-hydrogen) atoms. The number of hydrogen-bond acceptors (Lipinski definition) is 4. The second kappa shape index (κ2) is 3.99. The first kappa shape index (κ1) is 9.66. The summed E-state index contributed by atoms with van der Waals surface area (Å²) < 4.78 is 0. The molecule has 0 aromatic carbocycles. The summed E-state index contributed by atoms with van der Waals surface area (Å²) in [6.45, 7) is 1.37. The van der Waals surface area contributed by atoms with Gasteiger partial charge in [0.2, 0.25) is 5.91 Å². The SMILES string of the molecule is CC(=O)Nc1nc(CC(=O)O)cs1. The summed E-state index contributed by atoms with van der Waals surface area (Å²) in [6.07, 6.45) is -0.115. The molecule has 0 bridgehead atoms. The Hall–Kier alpha value is -1.43. The highest BCUT2D eigenvalue weighted by Crippen LogP contribution is 2.15. The van der Waals surface area contributed by atoms with Gasteiger partial charge in [0.15, 0.2) is 5.13 Å². The summed E-state index contributed by atoms with van der Waals surface area (Å²) in [5.74, 6) is -1.14. The molecule has 0 radical (unpaired) electrons. The van der Waals surface area contributed by atoms with Gasteiger partial charge in [-0.25, -0.2) is 4.98 Å². The molecule has 0 aliphatic carbocycles. The van der Waals surface area contributed by atoms with Crippen molar-refractivity contribution in [2.45, 2.75) is 13.3 Å². The normalized spacial score (nSPS) is 9.62. The van der Waals surface area contributed by atoms with E-state index in [0.29, 0.717) is 10.8 Å². The van der Waals surface area contributed by atoms with Gasteiger partial charge in [-0.3, -0.25) is 9.59 Å². The summed E-state index contributed by atoms with van der Waals surface area (Å²) in [5.41, 5.74) is 0.459. The highest BCUT2D eigenvalue weighted by atomic mass is 32.1. The maximum atomic E-state index is 10.6. The van der Waals surface area contributed by atoms with E-state index in [9.17, 15) is 9.59 Å². The summed E-state index contributed by atoms with van der Waals surface area (Å²) in [5, 5.41) is 13.0. The summed E-state index contributed by atoms with van der Waals surface area (Å²) in [6, 6.07) is 0. The number of aromatic nitrogens is 1. The molecular formula is C7H8N2O3S. The van der Waals surface area contributed by atoms with Crippen LogP contribution in [0.5, 0.6) is 0 Å². The molecule has 5 nitrogen and oxygen atoms in total. The lowest BCUT2D eigenvalue weighted by atomic mass is 10.3. The number of thiazole rings is 1. The van der Waals surface area contributed by atoms with Crippen LogP contribution in [0.1, 0.15) is 12.6 Å². The minimum Gasteiger partial charge on any atom is -0.481 e. The standard InChI is InChI=1S/C7H8N2O3S/c1-4(10)8-7-9-5(3-13-7)2-6(11)12/h3H,2H2,1H3,(H,11,12)(H,8,9,10). The van der Waals surface area contributed by atoms with Gasteiger partial charge >= 0.3 is 5.97 Å². The Kier molecular flexibility index (Phi) is 2.97. The average molecular weight is 200 g/mol. The van der Waals surface area contributed by atoms with Crippen LogP contribution in [0.25, 0.3) is 0 Å². The van der Waals surface area contributed by atoms with Crippen LogP contribution in [-0.2, 0) is 16.0 Å². The van der Waals surface area contributed by atoms with Gasteiger partial charge in [0.05, 0.1) is 12.1 Å². The molecule has 1 aromatic rings. The predicted octanol–water partition coefficient (Wildman–Crippen LogP) is 0.729. The maximum absolute atomic E-state index is 10.6. The number of carboxylic acid groups (broad SMARTS) is 1. The molecule has 0 spiro atoms. The first-order valence-corrected chi connectivity index (χ1v) is 4.39. The van der Waals surface area contributed by atoms with Crippen LogP contribution in [0, 0.1) is 0 Å².